The summed E-state index contributed by atoms with van der Waals surface area (Å²) < 4.78 is 38.1. The van der Waals surface area contributed by atoms with Gasteiger partial charge in [0.05, 0.1) is 0 Å². The lowest BCUT2D eigenvalue weighted by atomic mass is 10.00. The molecule has 20 heavy (non-hydrogen) atoms. The molecule has 0 saturated carbocycles. The standard InChI is InChI=1S/C13H15F3N2O2/c1-8-3-2-6-18(7-8)11-9(12(19)20)4-5-10(17-11)13(14,15)16/h4-5,8H,2-3,6-7H2,1H3,(H,19,20). The number of nitrogens with zero attached hydrogens (tertiary/aromatic N) is 2. The first-order chi connectivity index (χ1) is 9.29. The van der Waals surface area contributed by atoms with Crippen molar-refractivity contribution in [1.82, 2.24) is 4.98 Å². The summed E-state index contributed by atoms with van der Waals surface area (Å²) in [4.78, 5) is 16.3. The van der Waals surface area contributed by atoms with E-state index in [-0.39, 0.29) is 11.4 Å². The lowest BCUT2D eigenvalue weighted by Gasteiger charge is -2.32. The normalized spacial score (nSPS) is 20.0. The van der Waals surface area contributed by atoms with Crippen molar-refractivity contribution >= 4 is 11.8 Å². The Morgan fingerprint density at radius 1 is 1.45 bits per heavy atom. The summed E-state index contributed by atoms with van der Waals surface area (Å²) in [5.74, 6) is -1.04. The third-order valence-corrected chi connectivity index (χ3v) is 3.35. The van der Waals surface area contributed by atoms with Gasteiger partial charge < -0.3 is 10.0 Å². The summed E-state index contributed by atoms with van der Waals surface area (Å²) in [5.41, 5.74) is -1.25. The summed E-state index contributed by atoms with van der Waals surface area (Å²) in [6.07, 6.45) is -2.77. The molecule has 1 fully saturated rings. The Balaban J connectivity index is 2.44. The molecule has 0 spiro atoms. The molecule has 0 radical (unpaired) electrons. The van der Waals surface area contributed by atoms with Crippen LogP contribution in [0.2, 0.25) is 0 Å². The Kier molecular flexibility index (Phi) is 3.87. The van der Waals surface area contributed by atoms with E-state index in [1.54, 1.807) is 4.90 Å². The molecule has 7 heteroatoms. The van der Waals surface area contributed by atoms with Crippen molar-refractivity contribution in [3.8, 4) is 0 Å². The molecule has 0 aromatic carbocycles. The van der Waals surface area contributed by atoms with E-state index >= 15 is 0 Å². The lowest BCUT2D eigenvalue weighted by Crippen LogP contribution is -2.36. The number of rotatable bonds is 2. The molecule has 1 aliphatic rings. The number of halogens is 3. The third kappa shape index (κ3) is 3.02. The fourth-order valence-corrected chi connectivity index (χ4v) is 2.40. The number of anilines is 1. The maximum atomic E-state index is 12.7. The van der Waals surface area contributed by atoms with Crippen LogP contribution in [0.4, 0.5) is 19.0 Å². The molecule has 1 N–H and O–H groups in total. The van der Waals surface area contributed by atoms with Gasteiger partial charge >= 0.3 is 12.1 Å². The van der Waals surface area contributed by atoms with Crippen molar-refractivity contribution in [3.63, 3.8) is 0 Å². The third-order valence-electron chi connectivity index (χ3n) is 3.35. The van der Waals surface area contributed by atoms with Crippen LogP contribution in [-0.2, 0) is 6.18 Å². The van der Waals surface area contributed by atoms with Crippen molar-refractivity contribution in [2.45, 2.75) is 25.9 Å². The van der Waals surface area contributed by atoms with Crippen LogP contribution in [-0.4, -0.2) is 29.1 Å². The van der Waals surface area contributed by atoms with Gasteiger partial charge in [0, 0.05) is 13.1 Å². The topological polar surface area (TPSA) is 53.4 Å². The summed E-state index contributed by atoms with van der Waals surface area (Å²) in [6, 6.07) is 1.69. The smallest absolute Gasteiger partial charge is 0.433 e. The van der Waals surface area contributed by atoms with Crippen LogP contribution in [0.15, 0.2) is 12.1 Å². The minimum atomic E-state index is -4.58. The predicted octanol–water partition coefficient (Wildman–Crippen LogP) is 3.03. The zero-order valence-electron chi connectivity index (χ0n) is 10.9. The van der Waals surface area contributed by atoms with Crippen molar-refractivity contribution in [1.29, 1.82) is 0 Å². The van der Waals surface area contributed by atoms with E-state index in [1.165, 1.54) is 0 Å². The highest BCUT2D eigenvalue weighted by Gasteiger charge is 2.34. The monoisotopic (exact) mass is 288 g/mol. The van der Waals surface area contributed by atoms with Gasteiger partial charge in [0.2, 0.25) is 0 Å². The molecule has 0 bridgehead atoms. The first-order valence-corrected chi connectivity index (χ1v) is 6.35. The molecule has 1 aromatic heterocycles. The molecule has 2 heterocycles. The number of carboxylic acids is 1. The van der Waals surface area contributed by atoms with Crippen LogP contribution >= 0.6 is 0 Å². The Morgan fingerprint density at radius 2 is 2.15 bits per heavy atom. The molecule has 0 aliphatic carbocycles. The quantitative estimate of drug-likeness (QED) is 0.908. The van der Waals surface area contributed by atoms with Crippen LogP contribution < -0.4 is 4.90 Å². The lowest BCUT2D eigenvalue weighted by molar-refractivity contribution is -0.141. The Morgan fingerprint density at radius 3 is 2.70 bits per heavy atom. The molecular formula is C13H15F3N2O2. The van der Waals surface area contributed by atoms with Crippen molar-refractivity contribution in [2.24, 2.45) is 5.92 Å². The van der Waals surface area contributed by atoms with Gasteiger partial charge in [-0.05, 0) is 30.9 Å². The molecule has 1 saturated heterocycles. The maximum absolute atomic E-state index is 12.7. The van der Waals surface area contributed by atoms with Crippen LogP contribution in [0, 0.1) is 5.92 Å². The van der Waals surface area contributed by atoms with E-state index in [0.29, 0.717) is 25.1 Å². The van der Waals surface area contributed by atoms with Gasteiger partial charge in [-0.15, -0.1) is 0 Å². The Bertz CT molecular complexity index is 517. The van der Waals surface area contributed by atoms with Crippen LogP contribution in [0.1, 0.15) is 35.8 Å². The summed E-state index contributed by atoms with van der Waals surface area (Å²) in [5, 5.41) is 9.11. The average molecular weight is 288 g/mol. The van der Waals surface area contributed by atoms with Crippen molar-refractivity contribution < 1.29 is 23.1 Å². The van der Waals surface area contributed by atoms with Gasteiger partial charge in [0.1, 0.15) is 17.1 Å². The second kappa shape index (κ2) is 5.30. The molecule has 2 rings (SSSR count). The first kappa shape index (κ1) is 14.6. The van der Waals surface area contributed by atoms with Gasteiger partial charge in [-0.1, -0.05) is 6.92 Å². The minimum absolute atomic E-state index is 0.0844. The number of piperidine rings is 1. The fraction of sp³-hybridized carbons (Fsp3) is 0.538. The molecule has 1 unspecified atom stereocenters. The number of aromatic carboxylic acids is 1. The molecule has 1 aromatic rings. The Hall–Kier alpha value is -1.79. The van der Waals surface area contributed by atoms with Gasteiger partial charge in [0.25, 0.3) is 0 Å². The molecule has 110 valence electrons. The zero-order valence-corrected chi connectivity index (χ0v) is 10.9. The van der Waals surface area contributed by atoms with E-state index < -0.39 is 17.8 Å². The van der Waals surface area contributed by atoms with E-state index in [9.17, 15) is 18.0 Å². The van der Waals surface area contributed by atoms with E-state index in [2.05, 4.69) is 4.98 Å². The van der Waals surface area contributed by atoms with Crippen molar-refractivity contribution in [2.75, 3.05) is 18.0 Å². The molecule has 1 atom stereocenters. The average Bonchev–Trinajstić information content (AvgIpc) is 2.37. The van der Waals surface area contributed by atoms with Crippen LogP contribution in [0.3, 0.4) is 0 Å². The molecular weight excluding hydrogens is 273 g/mol. The minimum Gasteiger partial charge on any atom is -0.478 e. The van der Waals surface area contributed by atoms with E-state index in [0.717, 1.165) is 18.9 Å². The highest BCUT2D eigenvalue weighted by Crippen LogP contribution is 2.32. The maximum Gasteiger partial charge on any atom is 0.433 e. The number of carbonyl (C=O) groups is 1. The van der Waals surface area contributed by atoms with Gasteiger partial charge in [0.15, 0.2) is 0 Å². The molecule has 4 nitrogen and oxygen atoms in total. The number of aromatic nitrogens is 1. The number of pyridine rings is 1. The first-order valence-electron chi connectivity index (χ1n) is 6.35. The number of hydrogen-bond acceptors (Lipinski definition) is 3. The van der Waals surface area contributed by atoms with Crippen molar-refractivity contribution in [3.05, 3.63) is 23.4 Å². The number of carboxylic acid groups (broad SMARTS) is 1. The van der Waals surface area contributed by atoms with Gasteiger partial charge in [-0.25, -0.2) is 9.78 Å². The number of alkyl halides is 3. The summed E-state index contributed by atoms with van der Waals surface area (Å²) >= 11 is 0. The molecule has 0 amide bonds. The second-order valence-electron chi connectivity index (χ2n) is 5.06. The van der Waals surface area contributed by atoms with Gasteiger partial charge in [-0.2, -0.15) is 13.2 Å². The summed E-state index contributed by atoms with van der Waals surface area (Å²) in [7, 11) is 0. The highest BCUT2D eigenvalue weighted by molar-refractivity contribution is 5.93. The number of hydrogen-bond donors (Lipinski definition) is 1. The summed E-state index contributed by atoms with van der Waals surface area (Å²) in [6.45, 7) is 3.04. The largest absolute Gasteiger partial charge is 0.478 e. The molecule has 1 aliphatic heterocycles. The fourth-order valence-electron chi connectivity index (χ4n) is 2.40. The van der Waals surface area contributed by atoms with Crippen LogP contribution in [0.25, 0.3) is 0 Å². The SMILES string of the molecule is CC1CCCN(c2nc(C(F)(F)F)ccc2C(=O)O)C1. The highest BCUT2D eigenvalue weighted by atomic mass is 19.4. The van der Waals surface area contributed by atoms with Crippen LogP contribution in [0.5, 0.6) is 0 Å². The van der Waals surface area contributed by atoms with E-state index in [4.69, 9.17) is 5.11 Å². The zero-order chi connectivity index (χ0) is 14.9. The van der Waals surface area contributed by atoms with E-state index in [1.807, 2.05) is 6.92 Å². The predicted molar refractivity (Wildman–Crippen MR) is 66.8 cm³/mol. The second-order valence-corrected chi connectivity index (χ2v) is 5.06. The Labute approximate surface area is 114 Å². The van der Waals surface area contributed by atoms with Gasteiger partial charge in [-0.3, -0.25) is 0 Å².